The summed E-state index contributed by atoms with van der Waals surface area (Å²) in [4.78, 5) is 26.9. The predicted molar refractivity (Wildman–Crippen MR) is 60.8 cm³/mol. The van der Waals surface area contributed by atoms with Crippen LogP contribution in [0.1, 0.15) is 6.42 Å². The van der Waals surface area contributed by atoms with E-state index in [1.165, 1.54) is 22.2 Å². The minimum atomic E-state index is -0.307. The Labute approximate surface area is 94.7 Å². The van der Waals surface area contributed by atoms with E-state index >= 15 is 0 Å². The summed E-state index contributed by atoms with van der Waals surface area (Å²) in [7, 11) is 0. The molecule has 0 aliphatic rings. The van der Waals surface area contributed by atoms with Crippen LogP contribution in [0.2, 0.25) is 0 Å². The van der Waals surface area contributed by atoms with Crippen molar-refractivity contribution in [1.82, 2.24) is 15.0 Å². The summed E-state index contributed by atoms with van der Waals surface area (Å²) in [5.74, 6) is 4.64. The van der Waals surface area contributed by atoms with Gasteiger partial charge in [0, 0.05) is 13.0 Å². The number of carbonyl (C=O) groups excluding carboxylic acids is 1. The van der Waals surface area contributed by atoms with E-state index in [0.29, 0.717) is 10.2 Å². The summed E-state index contributed by atoms with van der Waals surface area (Å²) < 4.78 is 2.02. The number of aryl methyl sites for hydroxylation is 1. The average molecular weight is 238 g/mol. The zero-order valence-electron chi connectivity index (χ0n) is 8.34. The third kappa shape index (κ3) is 1.95. The van der Waals surface area contributed by atoms with Crippen molar-refractivity contribution in [2.75, 3.05) is 0 Å². The number of hydrazine groups is 1. The zero-order chi connectivity index (χ0) is 11.5. The first kappa shape index (κ1) is 10.8. The molecule has 7 heteroatoms. The standard InChI is InChI=1S/C9H10N4O2S/c10-12-7(14)1-3-13-5-11-6-2-4-16-8(6)9(13)15/h2,4-5H,1,3,10H2,(H,12,14). The first-order valence-corrected chi connectivity index (χ1v) is 5.52. The monoisotopic (exact) mass is 238 g/mol. The molecule has 0 saturated heterocycles. The Morgan fingerprint density at radius 1 is 1.62 bits per heavy atom. The topological polar surface area (TPSA) is 90.0 Å². The van der Waals surface area contributed by atoms with Crippen LogP contribution in [0.15, 0.2) is 22.6 Å². The van der Waals surface area contributed by atoms with Gasteiger partial charge in [0.1, 0.15) is 4.70 Å². The Kier molecular flexibility index (Phi) is 2.97. The lowest BCUT2D eigenvalue weighted by Gasteiger charge is -2.03. The molecule has 0 aromatic carbocycles. The summed E-state index contributed by atoms with van der Waals surface area (Å²) in [5, 5.41) is 1.82. The second kappa shape index (κ2) is 4.42. The Hall–Kier alpha value is -1.73. The lowest BCUT2D eigenvalue weighted by molar-refractivity contribution is -0.121. The molecule has 0 saturated carbocycles. The van der Waals surface area contributed by atoms with Crippen LogP contribution in [-0.4, -0.2) is 15.5 Å². The number of hydrogen-bond donors (Lipinski definition) is 2. The average Bonchev–Trinajstić information content (AvgIpc) is 2.76. The van der Waals surface area contributed by atoms with E-state index in [0.717, 1.165) is 0 Å². The van der Waals surface area contributed by atoms with Gasteiger partial charge in [0.15, 0.2) is 0 Å². The van der Waals surface area contributed by atoms with Crippen LogP contribution in [0.5, 0.6) is 0 Å². The van der Waals surface area contributed by atoms with Crippen LogP contribution in [0.25, 0.3) is 10.2 Å². The largest absolute Gasteiger partial charge is 0.298 e. The van der Waals surface area contributed by atoms with Crippen molar-refractivity contribution in [1.29, 1.82) is 0 Å². The molecule has 2 heterocycles. The molecule has 0 aliphatic carbocycles. The highest BCUT2D eigenvalue weighted by molar-refractivity contribution is 7.17. The van der Waals surface area contributed by atoms with Gasteiger partial charge in [0.2, 0.25) is 5.91 Å². The Morgan fingerprint density at radius 2 is 2.44 bits per heavy atom. The van der Waals surface area contributed by atoms with E-state index in [1.54, 1.807) is 6.07 Å². The summed E-state index contributed by atoms with van der Waals surface area (Å²) in [6, 6.07) is 1.79. The molecule has 2 aromatic heterocycles. The number of nitrogens with two attached hydrogens (primary N) is 1. The normalized spacial score (nSPS) is 10.6. The van der Waals surface area contributed by atoms with Crippen LogP contribution in [-0.2, 0) is 11.3 Å². The Bertz CT molecular complexity index is 574. The van der Waals surface area contributed by atoms with Gasteiger partial charge < -0.3 is 0 Å². The second-order valence-electron chi connectivity index (χ2n) is 3.20. The molecule has 0 radical (unpaired) electrons. The third-order valence-corrected chi connectivity index (χ3v) is 3.07. The van der Waals surface area contributed by atoms with Gasteiger partial charge in [-0.2, -0.15) is 0 Å². The third-order valence-electron chi connectivity index (χ3n) is 2.18. The van der Waals surface area contributed by atoms with Crippen molar-refractivity contribution >= 4 is 27.5 Å². The molecule has 1 amide bonds. The van der Waals surface area contributed by atoms with E-state index < -0.39 is 0 Å². The lowest BCUT2D eigenvalue weighted by Crippen LogP contribution is -2.32. The van der Waals surface area contributed by atoms with Crippen molar-refractivity contribution in [3.63, 3.8) is 0 Å². The minimum Gasteiger partial charge on any atom is -0.298 e. The molecule has 0 spiro atoms. The molecule has 16 heavy (non-hydrogen) atoms. The van der Waals surface area contributed by atoms with Gasteiger partial charge in [-0.15, -0.1) is 11.3 Å². The smallest absolute Gasteiger partial charge is 0.271 e. The summed E-state index contributed by atoms with van der Waals surface area (Å²) in [6.07, 6.45) is 1.61. The van der Waals surface area contributed by atoms with Crippen molar-refractivity contribution in [2.24, 2.45) is 5.84 Å². The highest BCUT2D eigenvalue weighted by Crippen LogP contribution is 2.13. The Balaban J connectivity index is 2.28. The van der Waals surface area contributed by atoms with Crippen LogP contribution in [0.3, 0.4) is 0 Å². The lowest BCUT2D eigenvalue weighted by atomic mass is 10.4. The van der Waals surface area contributed by atoms with Gasteiger partial charge in [0.05, 0.1) is 11.8 Å². The highest BCUT2D eigenvalue weighted by atomic mass is 32.1. The van der Waals surface area contributed by atoms with Crippen LogP contribution < -0.4 is 16.8 Å². The molecule has 2 aromatic rings. The van der Waals surface area contributed by atoms with E-state index in [2.05, 4.69) is 4.98 Å². The maximum Gasteiger partial charge on any atom is 0.271 e. The van der Waals surface area contributed by atoms with Crippen molar-refractivity contribution in [3.8, 4) is 0 Å². The van der Waals surface area contributed by atoms with Crippen LogP contribution >= 0.6 is 11.3 Å². The number of carbonyl (C=O) groups is 1. The fourth-order valence-corrected chi connectivity index (χ4v) is 2.12. The number of rotatable bonds is 3. The molecule has 2 rings (SSSR count). The van der Waals surface area contributed by atoms with Crippen LogP contribution in [0.4, 0.5) is 0 Å². The fourth-order valence-electron chi connectivity index (χ4n) is 1.33. The molecule has 0 atom stereocenters. The minimum absolute atomic E-state index is 0.121. The first-order valence-electron chi connectivity index (χ1n) is 4.64. The predicted octanol–water partition coefficient (Wildman–Crippen LogP) is -0.162. The molecule has 0 unspecified atom stereocenters. The number of hydrogen-bond acceptors (Lipinski definition) is 5. The van der Waals surface area contributed by atoms with Gasteiger partial charge in [-0.3, -0.25) is 19.6 Å². The second-order valence-corrected chi connectivity index (χ2v) is 4.11. The van der Waals surface area contributed by atoms with Crippen molar-refractivity contribution in [2.45, 2.75) is 13.0 Å². The van der Waals surface area contributed by atoms with Gasteiger partial charge >= 0.3 is 0 Å². The van der Waals surface area contributed by atoms with E-state index in [4.69, 9.17) is 5.84 Å². The number of aromatic nitrogens is 2. The number of fused-ring (bicyclic) bond motifs is 1. The van der Waals surface area contributed by atoms with Gasteiger partial charge in [-0.1, -0.05) is 0 Å². The van der Waals surface area contributed by atoms with Gasteiger partial charge in [-0.05, 0) is 11.4 Å². The molecule has 6 nitrogen and oxygen atoms in total. The van der Waals surface area contributed by atoms with Gasteiger partial charge in [0.25, 0.3) is 5.56 Å². The Morgan fingerprint density at radius 3 is 3.19 bits per heavy atom. The molecular weight excluding hydrogens is 228 g/mol. The number of nitrogens with zero attached hydrogens (tertiary/aromatic N) is 2. The number of thiophene rings is 1. The quantitative estimate of drug-likeness (QED) is 0.441. The highest BCUT2D eigenvalue weighted by Gasteiger charge is 2.06. The summed E-state index contributed by atoms with van der Waals surface area (Å²) in [6.45, 7) is 0.280. The van der Waals surface area contributed by atoms with Crippen molar-refractivity contribution < 1.29 is 4.79 Å². The van der Waals surface area contributed by atoms with E-state index in [1.807, 2.05) is 10.8 Å². The fraction of sp³-hybridized carbons (Fsp3) is 0.222. The maximum absolute atomic E-state index is 11.9. The van der Waals surface area contributed by atoms with Gasteiger partial charge in [-0.25, -0.2) is 10.8 Å². The van der Waals surface area contributed by atoms with Crippen molar-refractivity contribution in [3.05, 3.63) is 28.1 Å². The van der Waals surface area contributed by atoms with Crippen LogP contribution in [0, 0.1) is 0 Å². The number of nitrogens with one attached hydrogen (secondary N) is 1. The molecule has 0 bridgehead atoms. The van der Waals surface area contributed by atoms with E-state index in [-0.39, 0.29) is 24.4 Å². The molecular formula is C9H10N4O2S. The molecule has 0 fully saturated rings. The molecule has 3 N–H and O–H groups in total. The van der Waals surface area contributed by atoms with E-state index in [9.17, 15) is 9.59 Å². The SMILES string of the molecule is NNC(=O)CCn1cnc2ccsc2c1=O. The molecule has 84 valence electrons. The number of amides is 1. The molecule has 0 aliphatic heterocycles. The maximum atomic E-state index is 11.9. The summed E-state index contributed by atoms with van der Waals surface area (Å²) >= 11 is 1.35. The summed E-state index contributed by atoms with van der Waals surface area (Å²) in [5.41, 5.74) is 2.58. The first-order chi connectivity index (χ1) is 7.72. The zero-order valence-corrected chi connectivity index (χ0v) is 9.16.